The van der Waals surface area contributed by atoms with Crippen molar-refractivity contribution in [2.75, 3.05) is 13.6 Å². The number of hydrogen-bond acceptors (Lipinski definition) is 2. The molecule has 0 amide bonds. The molecule has 0 spiro atoms. The molecule has 5 nitrogen and oxygen atoms in total. The van der Waals surface area contributed by atoms with E-state index in [0.717, 1.165) is 31.0 Å². The van der Waals surface area contributed by atoms with E-state index in [1.807, 2.05) is 18.2 Å². The van der Waals surface area contributed by atoms with Crippen molar-refractivity contribution in [3.8, 4) is 0 Å². The molecule has 2 heterocycles. The predicted molar refractivity (Wildman–Crippen MR) is 114 cm³/mol. The molecule has 0 aliphatic heterocycles. The highest BCUT2D eigenvalue weighted by Gasteiger charge is 2.03. The Balaban J connectivity index is 0.00000225. The Bertz CT molecular complexity index is 798. The zero-order chi connectivity index (χ0) is 16.6. The van der Waals surface area contributed by atoms with Gasteiger partial charge in [0.1, 0.15) is 0 Å². The monoisotopic (exact) mass is 449 g/mol. The Morgan fingerprint density at radius 2 is 1.96 bits per heavy atom. The highest BCUT2D eigenvalue weighted by molar-refractivity contribution is 14.0. The molecular weight excluding hydrogens is 425 g/mol. The fourth-order valence-corrected chi connectivity index (χ4v) is 2.72. The Labute approximate surface area is 165 Å². The number of aromatic nitrogens is 2. The van der Waals surface area contributed by atoms with Crippen LogP contribution in [0.15, 0.2) is 59.9 Å². The molecule has 0 saturated carbocycles. The molecule has 6 heteroatoms. The van der Waals surface area contributed by atoms with Gasteiger partial charge in [-0.15, -0.1) is 24.0 Å². The highest BCUT2D eigenvalue weighted by atomic mass is 127. The van der Waals surface area contributed by atoms with Crippen LogP contribution in [0.5, 0.6) is 0 Å². The number of para-hydroxylation sites is 1. The van der Waals surface area contributed by atoms with Gasteiger partial charge in [0.15, 0.2) is 5.96 Å². The van der Waals surface area contributed by atoms with Gasteiger partial charge in [0.2, 0.25) is 0 Å². The topological polar surface area (TPSA) is 65.1 Å². The van der Waals surface area contributed by atoms with Gasteiger partial charge in [0, 0.05) is 36.9 Å². The van der Waals surface area contributed by atoms with Crippen LogP contribution in [0.25, 0.3) is 10.9 Å². The lowest BCUT2D eigenvalue weighted by molar-refractivity contribution is 0.739. The number of fused-ring (bicyclic) bond motifs is 1. The molecule has 0 aliphatic rings. The van der Waals surface area contributed by atoms with Gasteiger partial charge in [-0.3, -0.25) is 9.98 Å². The fourth-order valence-electron chi connectivity index (χ4n) is 2.72. The number of aromatic amines is 1. The summed E-state index contributed by atoms with van der Waals surface area (Å²) in [5, 5.41) is 7.95. The second kappa shape index (κ2) is 10.0. The van der Waals surface area contributed by atoms with Crippen molar-refractivity contribution in [3.05, 3.63) is 66.1 Å². The number of pyridine rings is 1. The Kier molecular flexibility index (Phi) is 7.72. The van der Waals surface area contributed by atoms with Gasteiger partial charge in [0.05, 0.1) is 12.2 Å². The first-order valence-corrected chi connectivity index (χ1v) is 8.26. The quantitative estimate of drug-likeness (QED) is 0.234. The predicted octanol–water partition coefficient (Wildman–Crippen LogP) is 3.48. The minimum Gasteiger partial charge on any atom is -0.361 e. The van der Waals surface area contributed by atoms with Gasteiger partial charge < -0.3 is 15.6 Å². The van der Waals surface area contributed by atoms with Crippen LogP contribution >= 0.6 is 24.0 Å². The molecule has 3 rings (SSSR count). The fraction of sp³-hybridized carbons (Fsp3) is 0.263. The van der Waals surface area contributed by atoms with Crippen LogP contribution < -0.4 is 10.6 Å². The van der Waals surface area contributed by atoms with Crippen molar-refractivity contribution in [2.45, 2.75) is 19.4 Å². The first-order valence-electron chi connectivity index (χ1n) is 8.26. The minimum atomic E-state index is 0. The molecule has 0 radical (unpaired) electrons. The number of H-pyrrole nitrogens is 1. The molecule has 3 N–H and O–H groups in total. The Morgan fingerprint density at radius 3 is 2.76 bits per heavy atom. The second-order valence-electron chi connectivity index (χ2n) is 5.64. The molecule has 0 fully saturated rings. The van der Waals surface area contributed by atoms with Gasteiger partial charge in [-0.05, 0) is 36.6 Å². The van der Waals surface area contributed by atoms with E-state index >= 15 is 0 Å². The number of halogens is 1. The van der Waals surface area contributed by atoms with Crippen molar-refractivity contribution in [2.24, 2.45) is 4.99 Å². The molecule has 0 atom stereocenters. The van der Waals surface area contributed by atoms with Crippen LogP contribution in [0.3, 0.4) is 0 Å². The van der Waals surface area contributed by atoms with E-state index in [4.69, 9.17) is 0 Å². The van der Waals surface area contributed by atoms with Crippen molar-refractivity contribution in [3.63, 3.8) is 0 Å². The number of benzene rings is 1. The van der Waals surface area contributed by atoms with Gasteiger partial charge in [0.25, 0.3) is 0 Å². The van der Waals surface area contributed by atoms with Crippen LogP contribution in [0.1, 0.15) is 17.7 Å². The Morgan fingerprint density at radius 1 is 1.12 bits per heavy atom. The van der Waals surface area contributed by atoms with Crippen LogP contribution in [-0.2, 0) is 13.0 Å². The van der Waals surface area contributed by atoms with Crippen LogP contribution in [0, 0.1) is 0 Å². The molecule has 3 aromatic rings. The largest absolute Gasteiger partial charge is 0.361 e. The van der Waals surface area contributed by atoms with Crippen LogP contribution in [0.2, 0.25) is 0 Å². The van der Waals surface area contributed by atoms with Gasteiger partial charge in [-0.1, -0.05) is 24.3 Å². The number of nitrogens with zero attached hydrogens (tertiary/aromatic N) is 2. The normalized spacial score (nSPS) is 11.2. The lowest BCUT2D eigenvalue weighted by Gasteiger charge is -2.11. The lowest BCUT2D eigenvalue weighted by atomic mass is 10.1. The molecule has 0 bridgehead atoms. The van der Waals surface area contributed by atoms with Crippen molar-refractivity contribution < 1.29 is 0 Å². The second-order valence-corrected chi connectivity index (χ2v) is 5.64. The van der Waals surface area contributed by atoms with Crippen molar-refractivity contribution in [1.29, 1.82) is 0 Å². The van der Waals surface area contributed by atoms with E-state index in [0.29, 0.717) is 6.54 Å². The third-order valence-corrected chi connectivity index (χ3v) is 3.98. The van der Waals surface area contributed by atoms with Crippen LogP contribution in [-0.4, -0.2) is 29.5 Å². The van der Waals surface area contributed by atoms with E-state index in [2.05, 4.69) is 56.1 Å². The number of hydrogen-bond donors (Lipinski definition) is 3. The van der Waals surface area contributed by atoms with Crippen molar-refractivity contribution >= 4 is 40.8 Å². The number of aryl methyl sites for hydroxylation is 1. The molecule has 1 aromatic carbocycles. The number of rotatable bonds is 6. The zero-order valence-electron chi connectivity index (χ0n) is 14.3. The summed E-state index contributed by atoms with van der Waals surface area (Å²) in [7, 11) is 1.79. The SMILES string of the molecule is CN=C(NCCCc1c[nH]c2ccccc12)NCc1ccccn1.I. The summed E-state index contributed by atoms with van der Waals surface area (Å²) in [6.45, 7) is 1.55. The molecule has 0 saturated heterocycles. The van der Waals surface area contributed by atoms with E-state index < -0.39 is 0 Å². The average Bonchev–Trinajstić information content (AvgIpc) is 3.05. The third kappa shape index (κ3) is 5.45. The maximum absolute atomic E-state index is 4.30. The summed E-state index contributed by atoms with van der Waals surface area (Å²) in [6, 6.07) is 14.3. The summed E-state index contributed by atoms with van der Waals surface area (Å²) >= 11 is 0. The summed E-state index contributed by atoms with van der Waals surface area (Å²) in [6.07, 6.45) is 5.99. The van der Waals surface area contributed by atoms with E-state index in [1.165, 1.54) is 16.5 Å². The smallest absolute Gasteiger partial charge is 0.191 e. The molecule has 0 unspecified atom stereocenters. The van der Waals surface area contributed by atoms with E-state index in [9.17, 15) is 0 Å². The summed E-state index contributed by atoms with van der Waals surface area (Å²) in [5.41, 5.74) is 3.57. The highest BCUT2D eigenvalue weighted by Crippen LogP contribution is 2.18. The standard InChI is InChI=1S/C19H23N5.HI/c1-20-19(24-14-16-8-4-5-11-21-16)22-12-6-7-15-13-23-18-10-3-2-9-17(15)18;/h2-5,8-11,13,23H,6-7,12,14H2,1H3,(H2,20,22,24);1H. The summed E-state index contributed by atoms with van der Waals surface area (Å²) in [4.78, 5) is 11.9. The Hall–Kier alpha value is -2.09. The number of guanidine groups is 1. The first-order chi connectivity index (χ1) is 11.9. The van der Waals surface area contributed by atoms with Gasteiger partial charge >= 0.3 is 0 Å². The lowest BCUT2D eigenvalue weighted by Crippen LogP contribution is -2.37. The van der Waals surface area contributed by atoms with Gasteiger partial charge in [-0.2, -0.15) is 0 Å². The maximum atomic E-state index is 4.30. The molecular formula is C19H24IN5. The minimum absolute atomic E-state index is 0. The molecule has 25 heavy (non-hydrogen) atoms. The molecule has 132 valence electrons. The number of aliphatic imine (C=N–C) groups is 1. The first kappa shape index (κ1) is 19.2. The van der Waals surface area contributed by atoms with Gasteiger partial charge in [-0.25, -0.2) is 0 Å². The third-order valence-electron chi connectivity index (χ3n) is 3.98. The van der Waals surface area contributed by atoms with Crippen LogP contribution in [0.4, 0.5) is 0 Å². The summed E-state index contributed by atoms with van der Waals surface area (Å²) < 4.78 is 0. The van der Waals surface area contributed by atoms with Crippen molar-refractivity contribution in [1.82, 2.24) is 20.6 Å². The molecule has 0 aliphatic carbocycles. The average molecular weight is 449 g/mol. The van der Waals surface area contributed by atoms with E-state index in [1.54, 1.807) is 13.2 Å². The van der Waals surface area contributed by atoms with E-state index in [-0.39, 0.29) is 24.0 Å². The zero-order valence-corrected chi connectivity index (χ0v) is 16.7. The summed E-state index contributed by atoms with van der Waals surface area (Å²) in [5.74, 6) is 0.805. The number of nitrogens with one attached hydrogen (secondary N) is 3. The maximum Gasteiger partial charge on any atom is 0.191 e. The molecule has 2 aromatic heterocycles.